The van der Waals surface area contributed by atoms with Gasteiger partial charge < -0.3 is 5.73 Å². The highest BCUT2D eigenvalue weighted by molar-refractivity contribution is 5.41. The molecule has 0 amide bonds. The first-order chi connectivity index (χ1) is 6.13. The number of hydrogen-bond donors (Lipinski definition) is 1. The van der Waals surface area contributed by atoms with Crippen molar-refractivity contribution in [2.45, 2.75) is 18.4 Å². The Balaban J connectivity index is 2.50. The van der Waals surface area contributed by atoms with Gasteiger partial charge in [-0.05, 0) is 18.9 Å². The van der Waals surface area contributed by atoms with Gasteiger partial charge >= 0.3 is 0 Å². The van der Waals surface area contributed by atoms with E-state index in [1.54, 1.807) is 6.07 Å². The zero-order chi connectivity index (χ0) is 9.47. The van der Waals surface area contributed by atoms with Crippen LogP contribution in [0.5, 0.6) is 0 Å². The third-order valence-corrected chi connectivity index (χ3v) is 2.24. The Morgan fingerprint density at radius 3 is 2.85 bits per heavy atom. The molecule has 0 radical (unpaired) electrons. The molecule has 1 fully saturated rings. The second kappa shape index (κ2) is 2.50. The highest BCUT2D eigenvalue weighted by atomic mass is 16.6. The number of pyridine rings is 1. The molecule has 2 rings (SSSR count). The molecule has 0 aliphatic heterocycles. The van der Waals surface area contributed by atoms with Crippen LogP contribution in [0.15, 0.2) is 18.3 Å². The van der Waals surface area contributed by atoms with Gasteiger partial charge in [-0.15, -0.1) is 0 Å². The van der Waals surface area contributed by atoms with E-state index in [0.717, 1.165) is 12.8 Å². The largest absolute Gasteiger partial charge is 0.320 e. The lowest BCUT2D eigenvalue weighted by Crippen LogP contribution is -2.21. The Morgan fingerprint density at radius 2 is 2.31 bits per heavy atom. The van der Waals surface area contributed by atoms with E-state index in [-0.39, 0.29) is 5.69 Å². The highest BCUT2D eigenvalue weighted by Crippen LogP contribution is 2.44. The molecular weight excluding hydrogens is 170 g/mol. The van der Waals surface area contributed by atoms with Crippen molar-refractivity contribution in [1.29, 1.82) is 0 Å². The van der Waals surface area contributed by atoms with Crippen molar-refractivity contribution in [3.05, 3.63) is 34.1 Å². The van der Waals surface area contributed by atoms with E-state index in [4.69, 9.17) is 5.73 Å². The predicted octanol–water partition coefficient (Wildman–Crippen LogP) is 0.938. The van der Waals surface area contributed by atoms with Crippen LogP contribution in [0, 0.1) is 10.1 Å². The minimum atomic E-state index is -0.538. The van der Waals surface area contributed by atoms with Crippen LogP contribution in [0.25, 0.3) is 0 Å². The summed E-state index contributed by atoms with van der Waals surface area (Å²) >= 11 is 0. The van der Waals surface area contributed by atoms with Crippen LogP contribution in [0.1, 0.15) is 18.5 Å². The van der Waals surface area contributed by atoms with Gasteiger partial charge in [0.25, 0.3) is 5.69 Å². The van der Waals surface area contributed by atoms with Gasteiger partial charge in [0.15, 0.2) is 0 Å². The zero-order valence-electron chi connectivity index (χ0n) is 6.93. The van der Waals surface area contributed by atoms with E-state index >= 15 is 0 Å². The van der Waals surface area contributed by atoms with Crippen molar-refractivity contribution in [3.63, 3.8) is 0 Å². The third-order valence-electron chi connectivity index (χ3n) is 2.24. The van der Waals surface area contributed by atoms with Crippen molar-refractivity contribution in [3.8, 4) is 0 Å². The normalized spacial score (nSPS) is 18.2. The summed E-state index contributed by atoms with van der Waals surface area (Å²) in [5.41, 5.74) is 5.75. The summed E-state index contributed by atoms with van der Waals surface area (Å²) in [6, 6.07) is 2.99. The smallest absolute Gasteiger partial charge is 0.292 e. The second-order valence-corrected chi connectivity index (χ2v) is 3.28. The molecule has 1 saturated carbocycles. The van der Waals surface area contributed by atoms with Gasteiger partial charge in [0.05, 0.1) is 10.5 Å². The third kappa shape index (κ3) is 1.27. The van der Waals surface area contributed by atoms with Crippen molar-refractivity contribution >= 4 is 5.69 Å². The van der Waals surface area contributed by atoms with Gasteiger partial charge in [0.2, 0.25) is 0 Å². The number of aromatic nitrogens is 1. The lowest BCUT2D eigenvalue weighted by atomic mass is 10.1. The molecular formula is C8H9N3O2. The monoisotopic (exact) mass is 179 g/mol. The Kier molecular flexibility index (Phi) is 1.56. The molecule has 0 unspecified atom stereocenters. The van der Waals surface area contributed by atoms with Gasteiger partial charge in [0.1, 0.15) is 5.69 Å². The fraction of sp³-hybridized carbons (Fsp3) is 0.375. The lowest BCUT2D eigenvalue weighted by Gasteiger charge is -2.06. The standard InChI is InChI=1S/C8H9N3O2/c9-8(3-4-8)7-6(11(12)13)2-1-5-10-7/h1-2,5H,3-4,9H2. The van der Waals surface area contributed by atoms with Crippen molar-refractivity contribution in [2.75, 3.05) is 0 Å². The van der Waals surface area contributed by atoms with Crippen LogP contribution in [0.2, 0.25) is 0 Å². The molecule has 0 atom stereocenters. The maximum atomic E-state index is 10.6. The average Bonchev–Trinajstić information content (AvgIpc) is 2.85. The van der Waals surface area contributed by atoms with Crippen molar-refractivity contribution in [2.24, 2.45) is 5.73 Å². The van der Waals surface area contributed by atoms with Crippen LogP contribution in [-0.4, -0.2) is 9.91 Å². The summed E-state index contributed by atoms with van der Waals surface area (Å²) < 4.78 is 0. The molecule has 0 aromatic carbocycles. The summed E-state index contributed by atoms with van der Waals surface area (Å²) in [6.45, 7) is 0. The second-order valence-electron chi connectivity index (χ2n) is 3.28. The van der Waals surface area contributed by atoms with E-state index in [9.17, 15) is 10.1 Å². The van der Waals surface area contributed by atoms with Crippen LogP contribution in [0.3, 0.4) is 0 Å². The SMILES string of the molecule is NC1(c2ncccc2[N+](=O)[O-])CC1. The minimum Gasteiger partial charge on any atom is -0.320 e. The molecule has 13 heavy (non-hydrogen) atoms. The molecule has 1 heterocycles. The minimum absolute atomic E-state index is 0.0301. The number of nitrogens with zero attached hydrogens (tertiary/aromatic N) is 2. The Labute approximate surface area is 74.7 Å². The van der Waals surface area contributed by atoms with Crippen LogP contribution in [-0.2, 0) is 5.54 Å². The fourth-order valence-electron chi connectivity index (χ4n) is 1.30. The summed E-state index contributed by atoms with van der Waals surface area (Å²) in [4.78, 5) is 14.1. The van der Waals surface area contributed by atoms with Crippen LogP contribution < -0.4 is 5.73 Å². The molecule has 5 nitrogen and oxygen atoms in total. The lowest BCUT2D eigenvalue weighted by molar-refractivity contribution is -0.386. The summed E-state index contributed by atoms with van der Waals surface area (Å²) in [7, 11) is 0. The Hall–Kier alpha value is -1.49. The van der Waals surface area contributed by atoms with Gasteiger partial charge in [-0.3, -0.25) is 15.1 Å². The first-order valence-corrected chi connectivity index (χ1v) is 4.02. The zero-order valence-corrected chi connectivity index (χ0v) is 6.93. The molecule has 1 aliphatic rings. The number of rotatable bonds is 2. The molecule has 0 saturated heterocycles. The van der Waals surface area contributed by atoms with Gasteiger partial charge in [0, 0.05) is 12.3 Å². The molecule has 2 N–H and O–H groups in total. The number of nitrogens with two attached hydrogens (primary N) is 1. The van der Waals surface area contributed by atoms with Gasteiger partial charge in [-0.2, -0.15) is 0 Å². The van der Waals surface area contributed by atoms with Crippen molar-refractivity contribution < 1.29 is 4.92 Å². The fourth-order valence-corrected chi connectivity index (χ4v) is 1.30. The maximum Gasteiger partial charge on any atom is 0.292 e. The quantitative estimate of drug-likeness (QED) is 0.541. The van der Waals surface area contributed by atoms with Crippen LogP contribution >= 0.6 is 0 Å². The average molecular weight is 179 g/mol. The van der Waals surface area contributed by atoms with E-state index < -0.39 is 10.5 Å². The Morgan fingerprint density at radius 1 is 1.62 bits per heavy atom. The molecule has 68 valence electrons. The molecule has 0 bridgehead atoms. The number of hydrogen-bond acceptors (Lipinski definition) is 4. The van der Waals surface area contributed by atoms with Gasteiger partial charge in [-0.1, -0.05) is 0 Å². The highest BCUT2D eigenvalue weighted by Gasteiger charge is 2.45. The molecule has 1 aliphatic carbocycles. The van der Waals surface area contributed by atoms with E-state index in [1.807, 2.05) is 0 Å². The Bertz CT molecular complexity index is 360. The topological polar surface area (TPSA) is 82.0 Å². The van der Waals surface area contributed by atoms with E-state index in [1.165, 1.54) is 12.3 Å². The van der Waals surface area contributed by atoms with Crippen molar-refractivity contribution in [1.82, 2.24) is 4.98 Å². The summed E-state index contributed by atoms with van der Waals surface area (Å²) in [5, 5.41) is 10.6. The summed E-state index contributed by atoms with van der Waals surface area (Å²) in [6.07, 6.45) is 3.10. The predicted molar refractivity (Wildman–Crippen MR) is 46.0 cm³/mol. The first kappa shape index (κ1) is 8.12. The van der Waals surface area contributed by atoms with E-state index in [0.29, 0.717) is 5.69 Å². The number of nitro groups is 1. The summed E-state index contributed by atoms with van der Waals surface area (Å²) in [5.74, 6) is 0. The van der Waals surface area contributed by atoms with Crippen LogP contribution in [0.4, 0.5) is 5.69 Å². The van der Waals surface area contributed by atoms with E-state index in [2.05, 4.69) is 4.98 Å². The molecule has 1 aromatic heterocycles. The van der Waals surface area contributed by atoms with Gasteiger partial charge in [-0.25, -0.2) is 0 Å². The first-order valence-electron chi connectivity index (χ1n) is 4.02. The maximum absolute atomic E-state index is 10.6. The molecule has 5 heteroatoms. The molecule has 1 aromatic rings. The molecule has 0 spiro atoms.